The first-order valence-corrected chi connectivity index (χ1v) is 11.5. The van der Waals surface area contributed by atoms with E-state index in [9.17, 15) is 13.2 Å². The standard InChI is InChI=1S/C21H23N3O4S2/c1-21(2,3)24-30(26,27)17-11-7-15(8-12-17)19(25)23-20-22-18(13-29-20)14-5-9-16(28-4)10-6-14/h5-13,24H,1-4H3,(H,22,23,25). The second-order valence-corrected chi connectivity index (χ2v) is 10.1. The Hall–Kier alpha value is -2.75. The van der Waals surface area contributed by atoms with Crippen LogP contribution >= 0.6 is 11.3 Å². The maximum absolute atomic E-state index is 12.5. The summed E-state index contributed by atoms with van der Waals surface area (Å²) in [7, 11) is -2.05. The van der Waals surface area contributed by atoms with E-state index in [1.807, 2.05) is 29.6 Å². The maximum atomic E-state index is 12.5. The summed E-state index contributed by atoms with van der Waals surface area (Å²) in [5.74, 6) is 0.393. The number of carbonyl (C=O) groups is 1. The van der Waals surface area contributed by atoms with Crippen molar-refractivity contribution in [1.29, 1.82) is 0 Å². The molecule has 0 unspecified atom stereocenters. The Bertz CT molecular complexity index is 1130. The van der Waals surface area contributed by atoms with Crippen molar-refractivity contribution in [3.63, 3.8) is 0 Å². The highest BCUT2D eigenvalue weighted by Gasteiger charge is 2.22. The van der Waals surface area contributed by atoms with Crippen LogP contribution in [-0.4, -0.2) is 32.0 Å². The minimum Gasteiger partial charge on any atom is -0.497 e. The maximum Gasteiger partial charge on any atom is 0.257 e. The largest absolute Gasteiger partial charge is 0.497 e. The number of thiazole rings is 1. The molecule has 0 aliphatic carbocycles. The van der Waals surface area contributed by atoms with Gasteiger partial charge in [0.1, 0.15) is 5.75 Å². The highest BCUT2D eigenvalue weighted by atomic mass is 32.2. The lowest BCUT2D eigenvalue weighted by Gasteiger charge is -2.20. The Morgan fingerprint density at radius 1 is 1.03 bits per heavy atom. The van der Waals surface area contributed by atoms with Crippen LogP contribution in [0.3, 0.4) is 0 Å². The first-order chi connectivity index (χ1) is 14.1. The number of carbonyl (C=O) groups excluding carboxylic acids is 1. The molecular weight excluding hydrogens is 422 g/mol. The highest BCUT2D eigenvalue weighted by molar-refractivity contribution is 7.89. The van der Waals surface area contributed by atoms with Crippen LogP contribution in [0.2, 0.25) is 0 Å². The molecule has 1 heterocycles. The van der Waals surface area contributed by atoms with Crippen LogP contribution in [0, 0.1) is 0 Å². The summed E-state index contributed by atoms with van der Waals surface area (Å²) in [4.78, 5) is 17.0. The number of rotatable bonds is 6. The van der Waals surface area contributed by atoms with Crippen LogP contribution in [0.4, 0.5) is 5.13 Å². The van der Waals surface area contributed by atoms with Crippen LogP contribution < -0.4 is 14.8 Å². The molecule has 2 N–H and O–H groups in total. The topological polar surface area (TPSA) is 97.4 Å². The van der Waals surface area contributed by atoms with E-state index in [0.29, 0.717) is 10.7 Å². The van der Waals surface area contributed by atoms with E-state index in [0.717, 1.165) is 17.0 Å². The molecule has 1 aromatic heterocycles. The summed E-state index contributed by atoms with van der Waals surface area (Å²) in [6, 6.07) is 13.2. The number of methoxy groups -OCH3 is 1. The van der Waals surface area contributed by atoms with Gasteiger partial charge in [-0.3, -0.25) is 10.1 Å². The summed E-state index contributed by atoms with van der Waals surface area (Å²) < 4.78 is 32.5. The lowest BCUT2D eigenvalue weighted by molar-refractivity contribution is 0.102. The zero-order valence-electron chi connectivity index (χ0n) is 17.1. The zero-order valence-corrected chi connectivity index (χ0v) is 18.7. The molecule has 0 radical (unpaired) electrons. The number of ether oxygens (including phenoxy) is 1. The van der Waals surface area contributed by atoms with Gasteiger partial charge in [-0.2, -0.15) is 0 Å². The van der Waals surface area contributed by atoms with Crippen molar-refractivity contribution in [2.45, 2.75) is 31.2 Å². The molecule has 0 atom stereocenters. The highest BCUT2D eigenvalue weighted by Crippen LogP contribution is 2.27. The van der Waals surface area contributed by atoms with Crippen molar-refractivity contribution in [3.8, 4) is 17.0 Å². The molecule has 3 rings (SSSR count). The van der Waals surface area contributed by atoms with E-state index in [1.165, 1.54) is 35.6 Å². The van der Waals surface area contributed by atoms with Crippen molar-refractivity contribution < 1.29 is 17.9 Å². The number of nitrogens with one attached hydrogen (secondary N) is 2. The number of aromatic nitrogens is 1. The monoisotopic (exact) mass is 445 g/mol. The molecule has 0 aliphatic heterocycles. The molecule has 158 valence electrons. The smallest absolute Gasteiger partial charge is 0.257 e. The number of hydrogen-bond acceptors (Lipinski definition) is 6. The Balaban J connectivity index is 1.70. The average molecular weight is 446 g/mol. The summed E-state index contributed by atoms with van der Waals surface area (Å²) in [6.45, 7) is 5.29. The van der Waals surface area contributed by atoms with Gasteiger partial charge in [0.25, 0.3) is 5.91 Å². The van der Waals surface area contributed by atoms with Gasteiger partial charge in [0.15, 0.2) is 5.13 Å². The number of amides is 1. The first kappa shape index (κ1) is 21.9. The van der Waals surface area contributed by atoms with Crippen molar-refractivity contribution in [2.24, 2.45) is 0 Å². The predicted molar refractivity (Wildman–Crippen MR) is 119 cm³/mol. The minimum atomic E-state index is -3.65. The molecule has 0 aliphatic rings. The zero-order chi connectivity index (χ0) is 21.9. The summed E-state index contributed by atoms with van der Waals surface area (Å²) >= 11 is 1.31. The predicted octanol–water partition coefficient (Wildman–Crippen LogP) is 4.15. The number of sulfonamides is 1. The molecule has 0 bridgehead atoms. The van der Waals surface area contributed by atoms with Gasteiger partial charge >= 0.3 is 0 Å². The summed E-state index contributed by atoms with van der Waals surface area (Å²) in [5.41, 5.74) is 1.40. The Morgan fingerprint density at radius 3 is 2.23 bits per heavy atom. The van der Waals surface area contributed by atoms with E-state index in [2.05, 4.69) is 15.0 Å². The fourth-order valence-electron chi connectivity index (χ4n) is 2.64. The van der Waals surface area contributed by atoms with Gasteiger partial charge in [-0.15, -0.1) is 11.3 Å². The van der Waals surface area contributed by atoms with E-state index in [1.54, 1.807) is 27.9 Å². The van der Waals surface area contributed by atoms with Crippen LogP contribution in [0.5, 0.6) is 5.75 Å². The first-order valence-electron chi connectivity index (χ1n) is 9.13. The van der Waals surface area contributed by atoms with E-state index < -0.39 is 15.6 Å². The van der Waals surface area contributed by atoms with Gasteiger partial charge in [-0.25, -0.2) is 18.1 Å². The second kappa shape index (κ2) is 8.55. The molecule has 0 spiro atoms. The third-order valence-corrected chi connectivity index (χ3v) is 6.51. The fourth-order valence-corrected chi connectivity index (χ4v) is 4.78. The molecule has 30 heavy (non-hydrogen) atoms. The normalized spacial score (nSPS) is 11.9. The van der Waals surface area contributed by atoms with Gasteiger partial charge < -0.3 is 4.74 Å². The van der Waals surface area contributed by atoms with Crippen LogP contribution in [0.25, 0.3) is 11.3 Å². The number of hydrogen-bond donors (Lipinski definition) is 2. The van der Waals surface area contributed by atoms with Crippen LogP contribution in [0.15, 0.2) is 58.8 Å². The summed E-state index contributed by atoms with van der Waals surface area (Å²) in [6.07, 6.45) is 0. The number of anilines is 1. The minimum absolute atomic E-state index is 0.102. The molecule has 9 heteroatoms. The Labute approximate surface area is 180 Å². The molecule has 2 aromatic carbocycles. The van der Waals surface area contributed by atoms with Crippen molar-refractivity contribution in [3.05, 3.63) is 59.5 Å². The van der Waals surface area contributed by atoms with E-state index in [4.69, 9.17) is 4.74 Å². The molecule has 1 amide bonds. The number of nitrogens with zero attached hydrogens (tertiary/aromatic N) is 1. The number of benzene rings is 2. The molecule has 7 nitrogen and oxygen atoms in total. The fraction of sp³-hybridized carbons (Fsp3) is 0.238. The van der Waals surface area contributed by atoms with Crippen LogP contribution in [-0.2, 0) is 10.0 Å². The van der Waals surface area contributed by atoms with E-state index in [-0.39, 0.29) is 10.8 Å². The van der Waals surface area contributed by atoms with Gasteiger partial charge in [0.05, 0.1) is 17.7 Å². The molecule has 0 fully saturated rings. The average Bonchev–Trinajstić information content (AvgIpc) is 3.15. The lowest BCUT2D eigenvalue weighted by atomic mass is 10.1. The van der Waals surface area contributed by atoms with Crippen molar-refractivity contribution >= 4 is 32.4 Å². The van der Waals surface area contributed by atoms with Gasteiger partial charge in [-0.05, 0) is 69.3 Å². The molecule has 0 saturated heterocycles. The SMILES string of the molecule is COc1ccc(-c2csc(NC(=O)c3ccc(S(=O)(=O)NC(C)(C)C)cc3)n2)cc1. The quantitative estimate of drug-likeness (QED) is 0.594. The molecule has 0 saturated carbocycles. The van der Waals surface area contributed by atoms with Crippen molar-refractivity contribution in [2.75, 3.05) is 12.4 Å². The van der Waals surface area contributed by atoms with Gasteiger partial charge in [0.2, 0.25) is 10.0 Å². The van der Waals surface area contributed by atoms with Crippen molar-refractivity contribution in [1.82, 2.24) is 9.71 Å². The Morgan fingerprint density at radius 2 is 1.67 bits per heavy atom. The summed E-state index contributed by atoms with van der Waals surface area (Å²) in [5, 5.41) is 5.05. The second-order valence-electron chi connectivity index (χ2n) is 7.60. The van der Waals surface area contributed by atoms with E-state index >= 15 is 0 Å². The third kappa shape index (κ3) is 5.44. The lowest BCUT2D eigenvalue weighted by Crippen LogP contribution is -2.40. The Kier molecular flexibility index (Phi) is 6.25. The van der Waals surface area contributed by atoms with Gasteiger partial charge in [-0.1, -0.05) is 0 Å². The van der Waals surface area contributed by atoms with Gasteiger partial charge in [0, 0.05) is 22.0 Å². The molecular formula is C21H23N3O4S2. The van der Waals surface area contributed by atoms with Crippen LogP contribution in [0.1, 0.15) is 31.1 Å². The third-order valence-electron chi connectivity index (χ3n) is 3.98. The molecule has 3 aromatic rings.